The van der Waals surface area contributed by atoms with Gasteiger partial charge in [-0.15, -0.1) is 0 Å². The SMILES string of the molecule is Cn1ccnc1CN(C(=O)C1CCCC1CN)C1CC1. The summed E-state index contributed by atoms with van der Waals surface area (Å²) in [5.41, 5.74) is 5.83. The van der Waals surface area contributed by atoms with Gasteiger partial charge < -0.3 is 15.2 Å². The summed E-state index contributed by atoms with van der Waals surface area (Å²) in [5, 5.41) is 0. The predicted octanol–water partition coefficient (Wildman–Crippen LogP) is 1.29. The number of rotatable bonds is 5. The molecule has 2 fully saturated rings. The van der Waals surface area contributed by atoms with E-state index in [0.717, 1.165) is 37.9 Å². The summed E-state index contributed by atoms with van der Waals surface area (Å²) in [4.78, 5) is 19.3. The van der Waals surface area contributed by atoms with Crippen molar-refractivity contribution in [2.75, 3.05) is 6.54 Å². The molecule has 2 aliphatic rings. The number of carbonyl (C=O) groups excluding carboxylic acids is 1. The van der Waals surface area contributed by atoms with Crippen LogP contribution in [-0.2, 0) is 18.4 Å². The molecule has 1 aromatic rings. The molecule has 5 heteroatoms. The maximum Gasteiger partial charge on any atom is 0.226 e. The number of nitrogens with two attached hydrogens (primary N) is 1. The first-order valence-corrected chi connectivity index (χ1v) is 7.67. The van der Waals surface area contributed by atoms with E-state index in [-0.39, 0.29) is 5.92 Å². The molecule has 2 saturated carbocycles. The van der Waals surface area contributed by atoms with Gasteiger partial charge in [0.1, 0.15) is 5.82 Å². The zero-order chi connectivity index (χ0) is 14.1. The van der Waals surface area contributed by atoms with Crippen molar-refractivity contribution >= 4 is 5.91 Å². The molecule has 20 heavy (non-hydrogen) atoms. The third-order valence-corrected chi connectivity index (χ3v) is 4.78. The van der Waals surface area contributed by atoms with Crippen molar-refractivity contribution < 1.29 is 4.79 Å². The second-order valence-electron chi connectivity index (χ2n) is 6.18. The molecule has 2 atom stereocenters. The molecule has 0 spiro atoms. The maximum atomic E-state index is 12.9. The van der Waals surface area contributed by atoms with Gasteiger partial charge >= 0.3 is 0 Å². The Labute approximate surface area is 120 Å². The molecule has 0 aliphatic heterocycles. The first-order chi connectivity index (χ1) is 9.70. The topological polar surface area (TPSA) is 64.2 Å². The van der Waals surface area contributed by atoms with Gasteiger partial charge in [0, 0.05) is 31.4 Å². The van der Waals surface area contributed by atoms with E-state index in [4.69, 9.17) is 5.73 Å². The van der Waals surface area contributed by atoms with Crippen molar-refractivity contribution in [2.45, 2.75) is 44.7 Å². The number of aryl methyl sites for hydroxylation is 1. The van der Waals surface area contributed by atoms with Gasteiger partial charge in [-0.3, -0.25) is 4.79 Å². The molecule has 1 amide bonds. The monoisotopic (exact) mass is 276 g/mol. The number of hydrogen-bond acceptors (Lipinski definition) is 3. The summed E-state index contributed by atoms with van der Waals surface area (Å²) in [6, 6.07) is 0.429. The van der Waals surface area contributed by atoms with E-state index in [9.17, 15) is 4.79 Å². The number of carbonyl (C=O) groups is 1. The highest BCUT2D eigenvalue weighted by Crippen LogP contribution is 2.36. The lowest BCUT2D eigenvalue weighted by Crippen LogP contribution is -2.40. The fourth-order valence-corrected chi connectivity index (χ4v) is 3.33. The Balaban J connectivity index is 1.73. The Bertz CT molecular complexity index is 480. The van der Waals surface area contributed by atoms with Crippen LogP contribution in [0.1, 0.15) is 37.9 Å². The van der Waals surface area contributed by atoms with Crippen molar-refractivity contribution in [3.63, 3.8) is 0 Å². The minimum atomic E-state index is 0.140. The molecule has 0 aromatic carbocycles. The highest BCUT2D eigenvalue weighted by atomic mass is 16.2. The molecule has 0 radical (unpaired) electrons. The van der Waals surface area contributed by atoms with Gasteiger partial charge in [0.25, 0.3) is 0 Å². The van der Waals surface area contributed by atoms with E-state index in [1.165, 1.54) is 0 Å². The number of hydrogen-bond donors (Lipinski definition) is 1. The summed E-state index contributed by atoms with van der Waals surface area (Å²) < 4.78 is 2.00. The van der Waals surface area contributed by atoms with E-state index in [1.54, 1.807) is 6.20 Å². The zero-order valence-corrected chi connectivity index (χ0v) is 12.2. The van der Waals surface area contributed by atoms with Crippen molar-refractivity contribution in [1.29, 1.82) is 0 Å². The van der Waals surface area contributed by atoms with Crippen LogP contribution in [0.5, 0.6) is 0 Å². The highest BCUT2D eigenvalue weighted by Gasteiger charge is 2.40. The molecule has 5 nitrogen and oxygen atoms in total. The summed E-state index contributed by atoms with van der Waals surface area (Å²) in [5.74, 6) is 1.79. The van der Waals surface area contributed by atoms with Gasteiger partial charge in [0.15, 0.2) is 0 Å². The first kappa shape index (κ1) is 13.6. The van der Waals surface area contributed by atoms with Crippen molar-refractivity contribution in [3.05, 3.63) is 18.2 Å². The normalized spacial score (nSPS) is 25.9. The molecule has 0 saturated heterocycles. The average molecular weight is 276 g/mol. The van der Waals surface area contributed by atoms with Crippen LogP contribution in [0.15, 0.2) is 12.4 Å². The summed E-state index contributed by atoms with van der Waals surface area (Å²) in [6.07, 6.45) is 9.25. The van der Waals surface area contributed by atoms with Crippen LogP contribution in [0.4, 0.5) is 0 Å². The summed E-state index contributed by atoms with van der Waals surface area (Å²) >= 11 is 0. The molecule has 2 unspecified atom stereocenters. The molecule has 110 valence electrons. The minimum Gasteiger partial charge on any atom is -0.337 e. The van der Waals surface area contributed by atoms with Crippen LogP contribution in [0.25, 0.3) is 0 Å². The lowest BCUT2D eigenvalue weighted by Gasteiger charge is -2.28. The average Bonchev–Trinajstić information content (AvgIpc) is 3.03. The quantitative estimate of drug-likeness (QED) is 0.881. The van der Waals surface area contributed by atoms with Gasteiger partial charge in [0.2, 0.25) is 5.91 Å². The second kappa shape index (κ2) is 5.56. The van der Waals surface area contributed by atoms with Gasteiger partial charge in [0.05, 0.1) is 6.54 Å². The Morgan fingerprint density at radius 2 is 2.25 bits per heavy atom. The number of imidazole rings is 1. The van der Waals surface area contributed by atoms with Crippen molar-refractivity contribution in [1.82, 2.24) is 14.5 Å². The van der Waals surface area contributed by atoms with Gasteiger partial charge in [-0.2, -0.15) is 0 Å². The van der Waals surface area contributed by atoms with Crippen molar-refractivity contribution in [2.24, 2.45) is 24.6 Å². The Morgan fingerprint density at radius 3 is 2.85 bits per heavy atom. The first-order valence-electron chi connectivity index (χ1n) is 7.67. The van der Waals surface area contributed by atoms with Gasteiger partial charge in [-0.25, -0.2) is 4.98 Å². The smallest absolute Gasteiger partial charge is 0.226 e. The van der Waals surface area contributed by atoms with Gasteiger partial charge in [-0.1, -0.05) is 6.42 Å². The van der Waals surface area contributed by atoms with Crippen molar-refractivity contribution in [3.8, 4) is 0 Å². The molecule has 3 rings (SSSR count). The molecule has 0 bridgehead atoms. The van der Waals surface area contributed by atoms with Crippen LogP contribution in [0.3, 0.4) is 0 Å². The van der Waals surface area contributed by atoms with Crippen LogP contribution < -0.4 is 5.73 Å². The lowest BCUT2D eigenvalue weighted by molar-refractivity contribution is -0.138. The van der Waals surface area contributed by atoms with Gasteiger partial charge in [-0.05, 0) is 38.1 Å². The fourth-order valence-electron chi connectivity index (χ4n) is 3.33. The lowest BCUT2D eigenvalue weighted by atomic mass is 9.94. The second-order valence-corrected chi connectivity index (χ2v) is 6.18. The predicted molar refractivity (Wildman–Crippen MR) is 76.7 cm³/mol. The minimum absolute atomic E-state index is 0.140. The summed E-state index contributed by atoms with van der Waals surface area (Å²) in [6.45, 7) is 1.28. The van der Waals surface area contributed by atoms with E-state index in [2.05, 4.69) is 9.88 Å². The highest BCUT2D eigenvalue weighted by molar-refractivity contribution is 5.80. The standard InChI is InChI=1S/C15H24N4O/c1-18-8-7-17-14(18)10-19(12-5-6-12)15(20)13-4-2-3-11(13)9-16/h7-8,11-13H,2-6,9-10,16H2,1H3. The largest absolute Gasteiger partial charge is 0.337 e. The fraction of sp³-hybridized carbons (Fsp3) is 0.733. The molecule has 2 aliphatic carbocycles. The number of nitrogens with zero attached hydrogens (tertiary/aromatic N) is 3. The molecular formula is C15H24N4O. The van der Waals surface area contributed by atoms with Crippen LogP contribution in [0.2, 0.25) is 0 Å². The molecule has 1 aromatic heterocycles. The third kappa shape index (κ3) is 2.59. The van der Waals surface area contributed by atoms with E-state index >= 15 is 0 Å². The van der Waals surface area contributed by atoms with E-state index in [1.807, 2.05) is 17.8 Å². The van der Waals surface area contributed by atoms with E-state index in [0.29, 0.717) is 31.0 Å². The molecular weight excluding hydrogens is 252 g/mol. The molecule has 2 N–H and O–H groups in total. The van der Waals surface area contributed by atoms with Crippen LogP contribution in [-0.4, -0.2) is 32.9 Å². The summed E-state index contributed by atoms with van der Waals surface area (Å²) in [7, 11) is 1.98. The van der Waals surface area contributed by atoms with Crippen LogP contribution >= 0.6 is 0 Å². The van der Waals surface area contributed by atoms with Crippen LogP contribution in [0, 0.1) is 11.8 Å². The Kier molecular flexibility index (Phi) is 3.78. The zero-order valence-electron chi connectivity index (χ0n) is 12.2. The number of aromatic nitrogens is 2. The Hall–Kier alpha value is -1.36. The maximum absolute atomic E-state index is 12.9. The number of amides is 1. The molecule has 1 heterocycles. The van der Waals surface area contributed by atoms with E-state index < -0.39 is 0 Å². The third-order valence-electron chi connectivity index (χ3n) is 4.78. The Morgan fingerprint density at radius 1 is 1.45 bits per heavy atom.